The lowest BCUT2D eigenvalue weighted by atomic mass is 10.2. The second kappa shape index (κ2) is 7.03. The topological polar surface area (TPSA) is 78.9 Å². The summed E-state index contributed by atoms with van der Waals surface area (Å²) in [6.45, 7) is 0.216. The molecule has 2 amide bonds. The molecule has 0 bridgehead atoms. The first-order chi connectivity index (χ1) is 12.0. The number of fused-ring (bicyclic) bond motifs is 1. The third-order valence-electron chi connectivity index (χ3n) is 4.01. The molecule has 3 rings (SSSR count). The van der Waals surface area contributed by atoms with Gasteiger partial charge < -0.3 is 20.1 Å². The molecule has 2 N–H and O–H groups in total. The monoisotopic (exact) mass is 360 g/mol. The molecule has 25 heavy (non-hydrogen) atoms. The largest absolute Gasteiger partial charge is 0.504 e. The molecular formula is C18H17ClN2O4. The number of ether oxygens (including phenoxy) is 1. The van der Waals surface area contributed by atoms with Gasteiger partial charge in [-0.05, 0) is 41.5 Å². The van der Waals surface area contributed by atoms with Gasteiger partial charge in [-0.2, -0.15) is 0 Å². The van der Waals surface area contributed by atoms with Crippen LogP contribution in [-0.2, 0) is 22.6 Å². The maximum absolute atomic E-state index is 12.2. The second-order valence-corrected chi connectivity index (χ2v) is 6.15. The number of aromatic hydroxyl groups is 1. The number of nitrogens with zero attached hydrogens (tertiary/aromatic N) is 1. The number of hydrogen-bond acceptors (Lipinski definition) is 4. The van der Waals surface area contributed by atoms with E-state index in [0.29, 0.717) is 10.8 Å². The van der Waals surface area contributed by atoms with Crippen molar-refractivity contribution in [1.82, 2.24) is 5.32 Å². The molecule has 0 unspecified atom stereocenters. The number of carbonyl (C=O) groups excluding carboxylic acids is 2. The summed E-state index contributed by atoms with van der Waals surface area (Å²) in [5.41, 5.74) is 2.33. The highest BCUT2D eigenvalue weighted by Crippen LogP contribution is 2.31. The number of rotatable bonds is 5. The van der Waals surface area contributed by atoms with Crippen molar-refractivity contribution < 1.29 is 19.4 Å². The van der Waals surface area contributed by atoms with Crippen LogP contribution in [0.15, 0.2) is 36.4 Å². The molecule has 7 heteroatoms. The minimum atomic E-state index is -0.275. The van der Waals surface area contributed by atoms with Crippen molar-refractivity contribution in [1.29, 1.82) is 0 Å². The van der Waals surface area contributed by atoms with Crippen molar-refractivity contribution in [3.05, 3.63) is 52.5 Å². The summed E-state index contributed by atoms with van der Waals surface area (Å²) in [6, 6.07) is 10.0. The fourth-order valence-corrected chi connectivity index (χ4v) is 2.95. The predicted octanol–water partition coefficient (Wildman–Crippen LogP) is 2.26. The highest BCUT2D eigenvalue weighted by atomic mass is 35.5. The first-order valence-electron chi connectivity index (χ1n) is 7.69. The van der Waals surface area contributed by atoms with Crippen LogP contribution in [0.5, 0.6) is 11.5 Å². The number of phenolic OH excluding ortho intramolecular Hbond substituents is 1. The van der Waals surface area contributed by atoms with Gasteiger partial charge in [-0.15, -0.1) is 0 Å². The van der Waals surface area contributed by atoms with E-state index in [0.717, 1.165) is 16.8 Å². The van der Waals surface area contributed by atoms with Gasteiger partial charge in [-0.25, -0.2) is 0 Å². The molecule has 1 aliphatic rings. The van der Waals surface area contributed by atoms with Crippen molar-refractivity contribution in [2.24, 2.45) is 0 Å². The molecule has 1 aliphatic heterocycles. The molecule has 0 saturated carbocycles. The van der Waals surface area contributed by atoms with Crippen LogP contribution in [0, 0.1) is 0 Å². The van der Waals surface area contributed by atoms with Crippen LogP contribution in [-0.4, -0.2) is 30.6 Å². The van der Waals surface area contributed by atoms with Gasteiger partial charge in [0.15, 0.2) is 11.5 Å². The Balaban J connectivity index is 1.63. The Morgan fingerprint density at radius 3 is 2.88 bits per heavy atom. The molecule has 1 heterocycles. The number of phenols is 1. The SMILES string of the molecule is COc1cc(CNC(=O)CN2C(=O)Cc3cc(Cl)ccc32)ccc1O. The summed E-state index contributed by atoms with van der Waals surface area (Å²) < 4.78 is 5.04. The highest BCUT2D eigenvalue weighted by molar-refractivity contribution is 6.31. The van der Waals surface area contributed by atoms with E-state index in [-0.39, 0.29) is 37.1 Å². The Morgan fingerprint density at radius 1 is 1.32 bits per heavy atom. The quantitative estimate of drug-likeness (QED) is 0.857. The number of halogens is 1. The van der Waals surface area contributed by atoms with Gasteiger partial charge in [-0.1, -0.05) is 17.7 Å². The van der Waals surface area contributed by atoms with Crippen LogP contribution in [0.4, 0.5) is 5.69 Å². The molecule has 0 aliphatic carbocycles. The summed E-state index contributed by atoms with van der Waals surface area (Å²) in [5, 5.41) is 12.9. The highest BCUT2D eigenvalue weighted by Gasteiger charge is 2.28. The van der Waals surface area contributed by atoms with Crippen LogP contribution in [0.3, 0.4) is 0 Å². The summed E-state index contributed by atoms with van der Waals surface area (Å²) in [4.78, 5) is 25.8. The maximum Gasteiger partial charge on any atom is 0.240 e. The molecule has 0 saturated heterocycles. The fourth-order valence-electron chi connectivity index (χ4n) is 2.76. The van der Waals surface area contributed by atoms with Crippen molar-refractivity contribution >= 4 is 29.1 Å². The van der Waals surface area contributed by atoms with Crippen molar-refractivity contribution in [2.45, 2.75) is 13.0 Å². The summed E-state index contributed by atoms with van der Waals surface area (Å²) >= 11 is 5.94. The molecule has 0 spiro atoms. The standard InChI is InChI=1S/C18H17ClN2O4/c1-25-16-6-11(2-5-15(16)22)9-20-17(23)10-21-14-4-3-13(19)7-12(14)8-18(21)24/h2-7,22H,8-10H2,1H3,(H,20,23). The van der Waals surface area contributed by atoms with Gasteiger partial charge in [0.1, 0.15) is 6.54 Å². The van der Waals surface area contributed by atoms with E-state index < -0.39 is 0 Å². The van der Waals surface area contributed by atoms with E-state index in [1.807, 2.05) is 0 Å². The van der Waals surface area contributed by atoms with Crippen molar-refractivity contribution in [2.75, 3.05) is 18.6 Å². The number of anilines is 1. The predicted molar refractivity (Wildman–Crippen MR) is 94.0 cm³/mol. The smallest absolute Gasteiger partial charge is 0.240 e. The van der Waals surface area contributed by atoms with Gasteiger partial charge in [0.2, 0.25) is 11.8 Å². The number of hydrogen-bond donors (Lipinski definition) is 2. The van der Waals surface area contributed by atoms with E-state index in [1.54, 1.807) is 30.3 Å². The van der Waals surface area contributed by atoms with Crippen LogP contribution < -0.4 is 15.0 Å². The summed E-state index contributed by atoms with van der Waals surface area (Å²) in [6.07, 6.45) is 0.248. The average molecular weight is 361 g/mol. The Hall–Kier alpha value is -2.73. The molecule has 0 aromatic heterocycles. The molecule has 0 fully saturated rings. The Bertz CT molecular complexity index is 838. The second-order valence-electron chi connectivity index (χ2n) is 5.71. The molecule has 0 radical (unpaired) electrons. The lowest BCUT2D eigenvalue weighted by Crippen LogP contribution is -2.38. The molecule has 6 nitrogen and oxygen atoms in total. The molecular weight excluding hydrogens is 344 g/mol. The van der Waals surface area contributed by atoms with Gasteiger partial charge in [0, 0.05) is 17.3 Å². The van der Waals surface area contributed by atoms with Crippen LogP contribution >= 0.6 is 11.6 Å². The van der Waals surface area contributed by atoms with Gasteiger partial charge in [0.25, 0.3) is 0 Å². The van der Waals surface area contributed by atoms with E-state index in [4.69, 9.17) is 16.3 Å². The Morgan fingerprint density at radius 2 is 2.12 bits per heavy atom. The summed E-state index contributed by atoms with van der Waals surface area (Å²) in [7, 11) is 1.46. The fraction of sp³-hybridized carbons (Fsp3) is 0.222. The zero-order valence-electron chi connectivity index (χ0n) is 13.6. The number of benzene rings is 2. The summed E-state index contributed by atoms with van der Waals surface area (Å²) in [5.74, 6) is -0.0234. The molecule has 2 aromatic rings. The first kappa shape index (κ1) is 17.1. The minimum Gasteiger partial charge on any atom is -0.504 e. The van der Waals surface area contributed by atoms with E-state index in [9.17, 15) is 14.7 Å². The Kier molecular flexibility index (Phi) is 4.81. The molecule has 130 valence electrons. The first-order valence-corrected chi connectivity index (χ1v) is 8.07. The van der Waals surface area contributed by atoms with E-state index in [2.05, 4.69) is 5.32 Å². The van der Waals surface area contributed by atoms with Gasteiger partial charge in [-0.3, -0.25) is 9.59 Å². The maximum atomic E-state index is 12.2. The van der Waals surface area contributed by atoms with Crippen molar-refractivity contribution in [3.8, 4) is 11.5 Å². The van der Waals surface area contributed by atoms with Crippen LogP contribution in [0.25, 0.3) is 0 Å². The number of nitrogens with one attached hydrogen (secondary N) is 1. The minimum absolute atomic E-state index is 0.0375. The van der Waals surface area contributed by atoms with E-state index in [1.165, 1.54) is 18.1 Å². The molecule has 0 atom stereocenters. The lowest BCUT2D eigenvalue weighted by molar-refractivity contribution is -0.123. The van der Waals surface area contributed by atoms with Gasteiger partial charge in [0.05, 0.1) is 13.5 Å². The third-order valence-corrected chi connectivity index (χ3v) is 4.25. The average Bonchev–Trinajstić information content (AvgIpc) is 2.88. The molecule has 2 aromatic carbocycles. The van der Waals surface area contributed by atoms with E-state index >= 15 is 0 Å². The van der Waals surface area contributed by atoms with Crippen molar-refractivity contribution in [3.63, 3.8) is 0 Å². The number of amides is 2. The van der Waals surface area contributed by atoms with Crippen LogP contribution in [0.1, 0.15) is 11.1 Å². The number of carbonyl (C=O) groups is 2. The van der Waals surface area contributed by atoms with Crippen LogP contribution in [0.2, 0.25) is 5.02 Å². The third kappa shape index (κ3) is 3.69. The lowest BCUT2D eigenvalue weighted by Gasteiger charge is -2.17. The number of methoxy groups -OCH3 is 1. The van der Waals surface area contributed by atoms with Gasteiger partial charge >= 0.3 is 0 Å². The zero-order valence-corrected chi connectivity index (χ0v) is 14.3. The normalized spacial score (nSPS) is 12.9. The zero-order chi connectivity index (χ0) is 18.0. The Labute approximate surface area is 150 Å².